The van der Waals surface area contributed by atoms with Crippen LogP contribution in [-0.4, -0.2) is 67.0 Å². The molecule has 1 aromatic rings. The van der Waals surface area contributed by atoms with Gasteiger partial charge < -0.3 is 9.64 Å². The minimum atomic E-state index is -1.66. The molecule has 8 nitrogen and oxygen atoms in total. The van der Waals surface area contributed by atoms with Crippen molar-refractivity contribution in [2.75, 3.05) is 7.11 Å². The zero-order chi connectivity index (χ0) is 19.0. The predicted octanol–water partition coefficient (Wildman–Crippen LogP) is -0.0980. The number of carbonyl (C=O) groups excluding carboxylic acids is 4. The maximum atomic E-state index is 13.0. The Bertz CT molecular complexity index is 875. The van der Waals surface area contributed by atoms with Gasteiger partial charge in [0, 0.05) is 0 Å². The monoisotopic (exact) mass is 376 g/mol. The quantitative estimate of drug-likeness (QED) is 0.406. The molecule has 0 aliphatic carbocycles. The molecule has 3 heterocycles. The number of hydrogen-bond donors (Lipinski definition) is 0. The highest BCUT2D eigenvalue weighted by molar-refractivity contribution is 7.87. The molecule has 0 radical (unpaired) electrons. The molecule has 3 amide bonds. The summed E-state index contributed by atoms with van der Waals surface area (Å²) in [4.78, 5) is 52.3. The summed E-state index contributed by atoms with van der Waals surface area (Å²) in [6.45, 7) is 3.21. The van der Waals surface area contributed by atoms with Crippen molar-refractivity contribution >= 4 is 34.5 Å². The van der Waals surface area contributed by atoms with E-state index in [-0.39, 0.29) is 11.1 Å². The number of rotatable bonds is 2. The lowest BCUT2D eigenvalue weighted by Gasteiger charge is -2.45. The van der Waals surface area contributed by atoms with Gasteiger partial charge in [0.05, 0.1) is 33.8 Å². The topological polar surface area (TPSA) is 101 Å². The number of carbonyl (C=O) groups is 4. The molecule has 0 N–H and O–H groups in total. The predicted molar refractivity (Wildman–Crippen MR) is 89.4 cm³/mol. The third-order valence-corrected chi connectivity index (χ3v) is 7.44. The van der Waals surface area contributed by atoms with Crippen molar-refractivity contribution in [3.8, 4) is 0 Å². The van der Waals surface area contributed by atoms with Gasteiger partial charge in [-0.3, -0.25) is 23.5 Å². The van der Waals surface area contributed by atoms with Crippen molar-refractivity contribution in [1.82, 2.24) is 9.80 Å². The Morgan fingerprint density at radius 2 is 1.65 bits per heavy atom. The summed E-state index contributed by atoms with van der Waals surface area (Å²) in [6, 6.07) is 4.11. The largest absolute Gasteiger partial charge is 0.467 e. The normalized spacial score (nSPS) is 31.6. The SMILES string of the molecule is COC(=O)[C@H]1N2C(=O)[C@@H](N3C(=O)c4ccccc4C3=O)[C@H]2S(=O)C1(C)C. The van der Waals surface area contributed by atoms with Crippen LogP contribution < -0.4 is 0 Å². The van der Waals surface area contributed by atoms with E-state index in [1.54, 1.807) is 26.0 Å². The van der Waals surface area contributed by atoms with Crippen molar-refractivity contribution < 1.29 is 28.1 Å². The van der Waals surface area contributed by atoms with Crippen LogP contribution in [0.3, 0.4) is 0 Å². The number of fused-ring (bicyclic) bond motifs is 2. The molecule has 9 heteroatoms. The van der Waals surface area contributed by atoms with Crippen LogP contribution in [0.15, 0.2) is 24.3 Å². The van der Waals surface area contributed by atoms with E-state index >= 15 is 0 Å². The van der Waals surface area contributed by atoms with Crippen LogP contribution in [0.1, 0.15) is 34.6 Å². The first-order valence-electron chi connectivity index (χ1n) is 8.01. The highest BCUT2D eigenvalue weighted by Crippen LogP contribution is 2.46. The van der Waals surface area contributed by atoms with Gasteiger partial charge in [0.1, 0.15) is 11.4 Å². The fourth-order valence-corrected chi connectivity index (χ4v) is 5.88. The molecule has 4 atom stereocenters. The van der Waals surface area contributed by atoms with Crippen molar-refractivity contribution in [2.24, 2.45) is 0 Å². The van der Waals surface area contributed by atoms with E-state index in [4.69, 9.17) is 4.74 Å². The molecule has 0 spiro atoms. The number of ether oxygens (including phenoxy) is 1. The average molecular weight is 376 g/mol. The van der Waals surface area contributed by atoms with Gasteiger partial charge >= 0.3 is 5.97 Å². The third-order valence-electron chi connectivity index (χ3n) is 5.25. The molecule has 26 heavy (non-hydrogen) atoms. The molecule has 0 saturated carbocycles. The van der Waals surface area contributed by atoms with E-state index in [0.717, 1.165) is 4.90 Å². The van der Waals surface area contributed by atoms with E-state index in [0.29, 0.717) is 0 Å². The van der Waals surface area contributed by atoms with Crippen molar-refractivity contribution in [3.05, 3.63) is 35.4 Å². The summed E-state index contributed by atoms with van der Waals surface area (Å²) >= 11 is 0. The van der Waals surface area contributed by atoms with E-state index < -0.39 is 56.7 Å². The van der Waals surface area contributed by atoms with E-state index in [2.05, 4.69) is 0 Å². The van der Waals surface area contributed by atoms with Gasteiger partial charge in [0.15, 0.2) is 6.04 Å². The molecule has 2 fully saturated rings. The second-order valence-corrected chi connectivity index (χ2v) is 9.06. The summed E-state index contributed by atoms with van der Waals surface area (Å²) in [7, 11) is -0.462. The number of esters is 1. The molecule has 0 bridgehead atoms. The second kappa shape index (κ2) is 5.23. The van der Waals surface area contributed by atoms with Gasteiger partial charge in [-0.25, -0.2) is 4.79 Å². The maximum absolute atomic E-state index is 13.0. The standard InChI is InChI=1S/C17H16N2O6S/c1-17(2)11(16(23)25-3)19-14(22)10(15(19)26(17)24)18-12(20)8-6-4-5-7-9(8)13(18)21/h4-7,10-11,15H,1-3H3/t10-,11-,15-,26?/m1/s1. The van der Waals surface area contributed by atoms with E-state index in [1.165, 1.54) is 24.1 Å². The molecule has 1 aromatic carbocycles. The number of methoxy groups -OCH3 is 1. The lowest BCUT2D eigenvalue weighted by molar-refractivity contribution is -0.164. The smallest absolute Gasteiger partial charge is 0.330 e. The van der Waals surface area contributed by atoms with Gasteiger partial charge in [-0.1, -0.05) is 12.1 Å². The molecular weight excluding hydrogens is 360 g/mol. The summed E-state index contributed by atoms with van der Waals surface area (Å²) in [5.74, 6) is -2.40. The molecule has 3 aliphatic rings. The number of β-lactam (4-membered cyclic amide) rings is 1. The molecule has 136 valence electrons. The Kier molecular flexibility index (Phi) is 3.40. The summed E-state index contributed by atoms with van der Waals surface area (Å²) < 4.78 is 16.7. The number of nitrogens with zero attached hydrogens (tertiary/aromatic N) is 2. The molecule has 0 aromatic heterocycles. The van der Waals surface area contributed by atoms with Crippen LogP contribution in [0, 0.1) is 0 Å². The Balaban J connectivity index is 1.73. The summed E-state index contributed by atoms with van der Waals surface area (Å²) in [5.41, 5.74) is 0.438. The van der Waals surface area contributed by atoms with Crippen LogP contribution in [0.4, 0.5) is 0 Å². The average Bonchev–Trinajstić information content (AvgIpc) is 2.97. The van der Waals surface area contributed by atoms with Crippen molar-refractivity contribution in [3.63, 3.8) is 0 Å². The van der Waals surface area contributed by atoms with Gasteiger partial charge in [0.2, 0.25) is 0 Å². The Labute approximate surface area is 151 Å². The number of hydrogen-bond acceptors (Lipinski definition) is 6. The Hall–Kier alpha value is -2.55. The lowest BCUT2D eigenvalue weighted by Crippen LogP contribution is -2.72. The highest BCUT2D eigenvalue weighted by atomic mass is 32.2. The number of benzene rings is 1. The number of amides is 3. The molecule has 1 unspecified atom stereocenters. The third kappa shape index (κ3) is 1.81. The van der Waals surface area contributed by atoms with Gasteiger partial charge in [0.25, 0.3) is 17.7 Å². The molecule has 3 aliphatic heterocycles. The van der Waals surface area contributed by atoms with Crippen LogP contribution >= 0.6 is 0 Å². The van der Waals surface area contributed by atoms with Crippen LogP contribution in [0.5, 0.6) is 0 Å². The second-order valence-electron chi connectivity index (χ2n) is 6.93. The Morgan fingerprint density at radius 3 is 2.15 bits per heavy atom. The minimum Gasteiger partial charge on any atom is -0.467 e. The first-order chi connectivity index (χ1) is 12.2. The zero-order valence-corrected chi connectivity index (χ0v) is 15.1. The minimum absolute atomic E-state index is 0.219. The molecule has 2 saturated heterocycles. The summed E-state index contributed by atoms with van der Waals surface area (Å²) in [6.07, 6.45) is 0. The fourth-order valence-electron chi connectivity index (χ4n) is 3.93. The lowest BCUT2D eigenvalue weighted by atomic mass is 9.95. The molecular formula is C17H16N2O6S. The van der Waals surface area contributed by atoms with Crippen LogP contribution in [0.2, 0.25) is 0 Å². The van der Waals surface area contributed by atoms with Crippen LogP contribution in [0.25, 0.3) is 0 Å². The fraction of sp³-hybridized carbons (Fsp3) is 0.412. The van der Waals surface area contributed by atoms with Crippen molar-refractivity contribution in [1.29, 1.82) is 0 Å². The van der Waals surface area contributed by atoms with Crippen LogP contribution in [-0.2, 0) is 25.1 Å². The van der Waals surface area contributed by atoms with E-state index in [1.807, 2.05) is 0 Å². The Morgan fingerprint density at radius 1 is 1.12 bits per heavy atom. The zero-order valence-electron chi connectivity index (χ0n) is 14.3. The van der Waals surface area contributed by atoms with Gasteiger partial charge in [-0.05, 0) is 26.0 Å². The first-order valence-corrected chi connectivity index (χ1v) is 9.22. The first kappa shape index (κ1) is 16.9. The van der Waals surface area contributed by atoms with Gasteiger partial charge in [-0.2, -0.15) is 0 Å². The highest BCUT2D eigenvalue weighted by Gasteiger charge is 2.71. The maximum Gasteiger partial charge on any atom is 0.330 e. The van der Waals surface area contributed by atoms with E-state index in [9.17, 15) is 23.4 Å². The number of imide groups is 1. The molecule has 4 rings (SSSR count). The summed E-state index contributed by atoms with van der Waals surface area (Å²) in [5, 5.41) is -0.913. The van der Waals surface area contributed by atoms with Gasteiger partial charge in [-0.15, -0.1) is 0 Å². The van der Waals surface area contributed by atoms with Crippen molar-refractivity contribution in [2.45, 2.75) is 36.1 Å².